The van der Waals surface area contributed by atoms with Crippen molar-refractivity contribution in [2.75, 3.05) is 38.2 Å². The fourth-order valence-electron chi connectivity index (χ4n) is 5.03. The molecule has 2 unspecified atom stereocenters. The zero-order valence-corrected chi connectivity index (χ0v) is 26.4. The van der Waals surface area contributed by atoms with Crippen LogP contribution in [0.15, 0.2) is 36.4 Å². The maximum absolute atomic E-state index is 13.1. The van der Waals surface area contributed by atoms with Crippen LogP contribution < -0.4 is 30.7 Å². The first-order valence-corrected chi connectivity index (χ1v) is 14.9. The number of esters is 1. The summed E-state index contributed by atoms with van der Waals surface area (Å²) in [5, 5.41) is 5.86. The lowest BCUT2D eigenvalue weighted by Gasteiger charge is -2.26. The van der Waals surface area contributed by atoms with E-state index in [9.17, 15) is 27.6 Å². The Kier molecular flexibility index (Phi) is 12.1. The summed E-state index contributed by atoms with van der Waals surface area (Å²) in [6.07, 6.45) is -3.51. The molecule has 2 amide bonds. The Hall–Kier alpha value is -4.00. The van der Waals surface area contributed by atoms with Crippen LogP contribution in [0.4, 0.5) is 18.9 Å². The molecular weight excluding hydrogens is 593 g/mol. The number of nitrogens with two attached hydrogens (primary N) is 1. The maximum atomic E-state index is 13.1. The van der Waals surface area contributed by atoms with Gasteiger partial charge < -0.3 is 35.5 Å². The van der Waals surface area contributed by atoms with E-state index in [1.54, 1.807) is 40.0 Å². The van der Waals surface area contributed by atoms with Crippen molar-refractivity contribution in [1.29, 1.82) is 0 Å². The SMILES string of the molecule is CNC(=O)CCCN1CCc2cc(CC(C)NCC(Oc3ccccc3OCC(F)(F)F)C(=O)OC(C)(C)C)cc(C(N)=O)c21. The fraction of sp³-hybridized carbons (Fsp3) is 0.531. The van der Waals surface area contributed by atoms with Crippen LogP contribution in [-0.4, -0.2) is 75.0 Å². The van der Waals surface area contributed by atoms with Gasteiger partial charge in [-0.2, -0.15) is 13.2 Å². The molecule has 0 fully saturated rings. The van der Waals surface area contributed by atoms with Gasteiger partial charge in [-0.1, -0.05) is 18.2 Å². The Morgan fingerprint density at radius 2 is 1.78 bits per heavy atom. The predicted molar refractivity (Wildman–Crippen MR) is 164 cm³/mol. The molecule has 0 radical (unpaired) electrons. The summed E-state index contributed by atoms with van der Waals surface area (Å²) in [5.74, 6) is -1.47. The van der Waals surface area contributed by atoms with Crippen molar-refractivity contribution in [1.82, 2.24) is 10.6 Å². The Labute approximate surface area is 261 Å². The van der Waals surface area contributed by atoms with E-state index < -0.39 is 36.4 Å². The van der Waals surface area contributed by atoms with Gasteiger partial charge in [0.15, 0.2) is 18.1 Å². The number of nitrogens with zero attached hydrogens (tertiary/aromatic N) is 1. The highest BCUT2D eigenvalue weighted by atomic mass is 19.4. The second kappa shape index (κ2) is 15.3. The van der Waals surface area contributed by atoms with E-state index in [-0.39, 0.29) is 30.0 Å². The van der Waals surface area contributed by atoms with Crippen LogP contribution in [0, 0.1) is 0 Å². The number of para-hydroxylation sites is 2. The van der Waals surface area contributed by atoms with E-state index in [0.29, 0.717) is 37.9 Å². The van der Waals surface area contributed by atoms with E-state index in [1.165, 1.54) is 18.2 Å². The zero-order chi connectivity index (χ0) is 33.4. The van der Waals surface area contributed by atoms with E-state index in [4.69, 9.17) is 19.9 Å². The summed E-state index contributed by atoms with van der Waals surface area (Å²) >= 11 is 0. The van der Waals surface area contributed by atoms with Crippen molar-refractivity contribution in [2.24, 2.45) is 5.73 Å². The van der Waals surface area contributed by atoms with Gasteiger partial charge in [-0.3, -0.25) is 9.59 Å². The van der Waals surface area contributed by atoms with Crippen LogP contribution in [0.1, 0.15) is 62.0 Å². The molecule has 2 atom stereocenters. The van der Waals surface area contributed by atoms with Crippen molar-refractivity contribution in [3.05, 3.63) is 53.1 Å². The minimum absolute atomic E-state index is 0.0174. The number of amides is 2. The van der Waals surface area contributed by atoms with Crippen LogP contribution in [0.5, 0.6) is 11.5 Å². The number of halogens is 3. The van der Waals surface area contributed by atoms with Gasteiger partial charge in [-0.15, -0.1) is 0 Å². The highest BCUT2D eigenvalue weighted by Gasteiger charge is 2.31. The van der Waals surface area contributed by atoms with Crippen molar-refractivity contribution >= 4 is 23.5 Å². The zero-order valence-electron chi connectivity index (χ0n) is 26.4. The number of primary amides is 1. The number of carbonyl (C=O) groups excluding carboxylic acids is 3. The third-order valence-electron chi connectivity index (χ3n) is 6.97. The molecule has 0 saturated heterocycles. The number of ether oxygens (including phenoxy) is 3. The lowest BCUT2D eigenvalue weighted by atomic mass is 9.98. The summed E-state index contributed by atoms with van der Waals surface area (Å²) < 4.78 is 54.7. The van der Waals surface area contributed by atoms with Gasteiger partial charge in [0.2, 0.25) is 12.0 Å². The quantitative estimate of drug-likeness (QED) is 0.251. The molecule has 0 aliphatic carbocycles. The molecule has 2 aromatic carbocycles. The van der Waals surface area contributed by atoms with E-state index >= 15 is 0 Å². The first-order valence-electron chi connectivity index (χ1n) is 14.9. The molecule has 2 aromatic rings. The number of hydrogen-bond donors (Lipinski definition) is 3. The number of anilines is 1. The second-order valence-corrected chi connectivity index (χ2v) is 12.0. The van der Waals surface area contributed by atoms with Gasteiger partial charge >= 0.3 is 12.1 Å². The summed E-state index contributed by atoms with van der Waals surface area (Å²) in [6, 6.07) is 9.41. The lowest BCUT2D eigenvalue weighted by Crippen LogP contribution is -2.44. The van der Waals surface area contributed by atoms with Gasteiger partial charge in [-0.25, -0.2) is 4.79 Å². The van der Waals surface area contributed by atoms with Crippen LogP contribution in [0.25, 0.3) is 0 Å². The molecule has 1 aliphatic rings. The number of hydrogen-bond acceptors (Lipinski definition) is 8. The summed E-state index contributed by atoms with van der Waals surface area (Å²) in [5.41, 5.74) is 8.03. The van der Waals surface area contributed by atoms with Crippen LogP contribution in [0.3, 0.4) is 0 Å². The molecule has 3 rings (SSSR count). The summed E-state index contributed by atoms with van der Waals surface area (Å²) in [4.78, 5) is 39.3. The van der Waals surface area contributed by atoms with E-state index in [2.05, 4.69) is 15.5 Å². The molecule has 45 heavy (non-hydrogen) atoms. The van der Waals surface area contributed by atoms with Crippen LogP contribution in [0.2, 0.25) is 0 Å². The topological polar surface area (TPSA) is 132 Å². The summed E-state index contributed by atoms with van der Waals surface area (Å²) in [7, 11) is 1.59. The van der Waals surface area contributed by atoms with E-state index in [1.807, 2.05) is 13.0 Å². The Bertz CT molecular complexity index is 1350. The molecule has 0 aromatic heterocycles. The average Bonchev–Trinajstić information content (AvgIpc) is 3.35. The minimum atomic E-state index is -4.55. The highest BCUT2D eigenvalue weighted by Crippen LogP contribution is 2.34. The van der Waals surface area contributed by atoms with Gasteiger partial charge in [0.25, 0.3) is 5.91 Å². The van der Waals surface area contributed by atoms with Gasteiger partial charge in [0.05, 0.1) is 11.3 Å². The molecule has 10 nitrogen and oxygen atoms in total. The van der Waals surface area contributed by atoms with Crippen molar-refractivity contribution in [3.8, 4) is 11.5 Å². The van der Waals surface area contributed by atoms with Gasteiger partial charge in [-0.05, 0) is 76.3 Å². The Morgan fingerprint density at radius 3 is 2.40 bits per heavy atom. The molecular formula is C32H43F3N4O6. The second-order valence-electron chi connectivity index (χ2n) is 12.0. The molecule has 13 heteroatoms. The smallest absolute Gasteiger partial charge is 0.422 e. The Balaban J connectivity index is 1.73. The largest absolute Gasteiger partial charge is 0.480 e. The third kappa shape index (κ3) is 11.1. The minimum Gasteiger partial charge on any atom is -0.480 e. The van der Waals surface area contributed by atoms with Crippen LogP contribution >= 0.6 is 0 Å². The van der Waals surface area contributed by atoms with Gasteiger partial charge in [0.1, 0.15) is 5.60 Å². The van der Waals surface area contributed by atoms with E-state index in [0.717, 1.165) is 23.2 Å². The number of alkyl halides is 3. The first kappa shape index (κ1) is 35.5. The van der Waals surface area contributed by atoms with Crippen molar-refractivity contribution < 1.29 is 41.8 Å². The maximum Gasteiger partial charge on any atom is 0.422 e. The molecule has 1 aliphatic heterocycles. The standard InChI is InChI=1S/C32H43F3N4O6/c1-20(15-21-16-22-12-14-39(13-8-11-27(40)37-5)28(22)23(17-21)29(36)41)38-18-26(30(42)45-31(2,3)4)44-25-10-7-6-9-24(25)43-19-32(33,34)35/h6-7,9-10,16-17,20,26,38H,8,11-15,18-19H2,1-5H3,(H2,36,41)(H,37,40). The molecule has 0 saturated carbocycles. The Morgan fingerprint density at radius 1 is 1.09 bits per heavy atom. The molecule has 248 valence electrons. The lowest BCUT2D eigenvalue weighted by molar-refractivity contribution is -0.164. The average molecular weight is 637 g/mol. The van der Waals surface area contributed by atoms with Gasteiger partial charge in [0, 0.05) is 39.1 Å². The van der Waals surface area contributed by atoms with Crippen LogP contribution in [-0.2, 0) is 27.2 Å². The monoisotopic (exact) mass is 636 g/mol. The molecule has 0 spiro atoms. The normalized spacial score (nSPS) is 14.4. The molecule has 0 bridgehead atoms. The molecule has 1 heterocycles. The summed E-state index contributed by atoms with van der Waals surface area (Å²) in [6.45, 7) is 6.80. The number of benzene rings is 2. The fourth-order valence-corrected chi connectivity index (χ4v) is 5.03. The highest BCUT2D eigenvalue weighted by molar-refractivity contribution is 6.00. The predicted octanol–water partition coefficient (Wildman–Crippen LogP) is 3.93. The number of fused-ring (bicyclic) bond motifs is 1. The third-order valence-corrected chi connectivity index (χ3v) is 6.97. The van der Waals surface area contributed by atoms with Crippen molar-refractivity contribution in [2.45, 2.75) is 77.3 Å². The van der Waals surface area contributed by atoms with Crippen molar-refractivity contribution in [3.63, 3.8) is 0 Å². The number of carbonyl (C=O) groups is 3. The molecule has 4 N–H and O–H groups in total. The first-order chi connectivity index (χ1) is 21.1. The number of rotatable bonds is 15. The number of nitrogens with one attached hydrogen (secondary N) is 2.